The number of rotatable bonds is 2. The predicted octanol–water partition coefficient (Wildman–Crippen LogP) is 1.65. The van der Waals surface area contributed by atoms with Gasteiger partial charge in [0.25, 0.3) is 0 Å². The van der Waals surface area contributed by atoms with Crippen molar-refractivity contribution in [3.05, 3.63) is 0 Å². The molecule has 0 aromatic rings. The topological polar surface area (TPSA) is 57.7 Å². The number of likely N-dealkylation sites (tertiary alicyclic amines) is 1. The third kappa shape index (κ3) is 3.42. The lowest BCUT2D eigenvalue weighted by Gasteiger charge is -2.40. The second kappa shape index (κ2) is 6.56. The number of urea groups is 1. The van der Waals surface area contributed by atoms with Crippen molar-refractivity contribution in [2.45, 2.75) is 32.1 Å². The van der Waals surface area contributed by atoms with Gasteiger partial charge in [0.2, 0.25) is 0 Å². The highest BCUT2D eigenvalue weighted by atomic mass is 32.2. The van der Waals surface area contributed by atoms with Crippen molar-refractivity contribution in [2.75, 3.05) is 36.9 Å². The average molecular weight is 320 g/mol. The first-order chi connectivity index (χ1) is 9.45. The minimum atomic E-state index is -3.21. The van der Waals surface area contributed by atoms with E-state index in [1.807, 2.05) is 4.90 Å². The zero-order chi connectivity index (χ0) is 14.8. The minimum absolute atomic E-state index is 0.0844. The molecule has 2 saturated heterocycles. The third-order valence-electron chi connectivity index (χ3n) is 4.07. The number of amides is 2. The fraction of sp³-hybridized carbons (Fsp3) is 0.923. The second-order valence-electron chi connectivity index (χ2n) is 5.65. The van der Waals surface area contributed by atoms with E-state index in [4.69, 9.17) is 0 Å². The summed E-state index contributed by atoms with van der Waals surface area (Å²) in [5.74, 6) is 1.93. The first-order valence-corrected chi connectivity index (χ1v) is 10.2. The summed E-state index contributed by atoms with van der Waals surface area (Å²) < 4.78 is 24.4. The van der Waals surface area contributed by atoms with Crippen molar-refractivity contribution in [3.8, 4) is 0 Å². The van der Waals surface area contributed by atoms with Crippen molar-refractivity contribution >= 4 is 27.6 Å². The van der Waals surface area contributed by atoms with E-state index in [2.05, 4.69) is 6.92 Å². The summed E-state index contributed by atoms with van der Waals surface area (Å²) >= 11 is 1.62. The zero-order valence-electron chi connectivity index (χ0n) is 12.2. The maximum Gasteiger partial charge on any atom is 0.321 e. The molecule has 116 valence electrons. The molecule has 0 N–H and O–H groups in total. The molecule has 2 unspecified atom stereocenters. The Balaban J connectivity index is 2.13. The van der Waals surface area contributed by atoms with Gasteiger partial charge in [0.1, 0.15) is 5.37 Å². The Hall–Kier alpha value is -0.430. The summed E-state index contributed by atoms with van der Waals surface area (Å²) in [7, 11) is -3.21. The number of piperidine rings is 1. The summed E-state index contributed by atoms with van der Waals surface area (Å²) in [6, 6.07) is -0.0844. The molecule has 5 nitrogen and oxygen atoms in total. The van der Waals surface area contributed by atoms with Gasteiger partial charge in [0, 0.05) is 36.9 Å². The third-order valence-corrected chi connectivity index (χ3v) is 7.36. The highest BCUT2D eigenvalue weighted by Crippen LogP contribution is 2.24. The molecule has 0 saturated carbocycles. The van der Waals surface area contributed by atoms with Crippen LogP contribution in [0, 0.1) is 5.92 Å². The Kier molecular flexibility index (Phi) is 5.23. The van der Waals surface area contributed by atoms with Crippen molar-refractivity contribution in [3.63, 3.8) is 0 Å². The summed E-state index contributed by atoms with van der Waals surface area (Å²) in [6.07, 6.45) is 2.16. The predicted molar refractivity (Wildman–Crippen MR) is 82.6 cm³/mol. The van der Waals surface area contributed by atoms with Crippen molar-refractivity contribution < 1.29 is 13.2 Å². The van der Waals surface area contributed by atoms with Crippen molar-refractivity contribution in [1.29, 1.82) is 0 Å². The van der Waals surface area contributed by atoms with Crippen LogP contribution in [-0.2, 0) is 9.84 Å². The van der Waals surface area contributed by atoms with Gasteiger partial charge in [-0.25, -0.2) is 13.2 Å². The molecule has 0 aromatic carbocycles. The lowest BCUT2D eigenvalue weighted by Crippen LogP contribution is -2.56. The molecule has 2 fully saturated rings. The molecule has 2 aliphatic rings. The molecular formula is C13H24N2O3S2. The molecule has 20 heavy (non-hydrogen) atoms. The molecule has 0 aromatic heterocycles. The van der Waals surface area contributed by atoms with E-state index in [0.29, 0.717) is 18.2 Å². The number of carbonyl (C=O) groups excluding carboxylic acids is 1. The maximum atomic E-state index is 12.6. The van der Waals surface area contributed by atoms with E-state index < -0.39 is 15.2 Å². The van der Waals surface area contributed by atoms with Gasteiger partial charge < -0.3 is 9.80 Å². The number of carbonyl (C=O) groups is 1. The zero-order valence-corrected chi connectivity index (χ0v) is 13.9. The summed E-state index contributed by atoms with van der Waals surface area (Å²) in [5.41, 5.74) is 0. The number of hydrogen-bond acceptors (Lipinski definition) is 4. The number of sulfone groups is 1. The van der Waals surface area contributed by atoms with Crippen LogP contribution < -0.4 is 0 Å². The lowest BCUT2D eigenvalue weighted by molar-refractivity contribution is 0.130. The van der Waals surface area contributed by atoms with Crippen LogP contribution in [0.15, 0.2) is 0 Å². The normalized spacial score (nSPS) is 28.5. The van der Waals surface area contributed by atoms with Crippen LogP contribution in [0.2, 0.25) is 0 Å². The second-order valence-corrected chi connectivity index (χ2v) is 9.25. The minimum Gasteiger partial charge on any atom is -0.324 e. The molecule has 0 aliphatic carbocycles. The van der Waals surface area contributed by atoms with Gasteiger partial charge in [0.05, 0.1) is 0 Å². The molecule has 2 amide bonds. The lowest BCUT2D eigenvalue weighted by atomic mass is 10.0. The molecule has 2 aliphatic heterocycles. The van der Waals surface area contributed by atoms with Crippen LogP contribution in [0.4, 0.5) is 4.79 Å². The standard InChI is InChI=1S/C13H24N2O3S2/c1-3-20(17,18)12-10-19-8-7-15(12)13(16)14-6-4-5-11(2)9-14/h11-12H,3-10H2,1-2H3. The van der Waals surface area contributed by atoms with Gasteiger partial charge >= 0.3 is 6.03 Å². The SMILES string of the molecule is CCS(=O)(=O)C1CSCCN1C(=O)N1CCCC(C)C1. The van der Waals surface area contributed by atoms with Gasteiger partial charge in [-0.3, -0.25) is 0 Å². The first kappa shape index (κ1) is 15.9. The van der Waals surface area contributed by atoms with Crippen molar-refractivity contribution in [1.82, 2.24) is 9.80 Å². The van der Waals surface area contributed by atoms with Crippen LogP contribution in [0.1, 0.15) is 26.7 Å². The number of thioether (sulfide) groups is 1. The first-order valence-electron chi connectivity index (χ1n) is 7.30. The summed E-state index contributed by atoms with van der Waals surface area (Å²) in [5, 5.41) is -0.643. The van der Waals surface area contributed by atoms with E-state index in [-0.39, 0.29) is 11.8 Å². The van der Waals surface area contributed by atoms with E-state index in [1.165, 1.54) is 0 Å². The summed E-state index contributed by atoms with van der Waals surface area (Å²) in [6.45, 7) is 5.84. The van der Waals surface area contributed by atoms with Crippen LogP contribution in [0.3, 0.4) is 0 Å². The molecule has 0 bridgehead atoms. The Morgan fingerprint density at radius 3 is 2.75 bits per heavy atom. The van der Waals surface area contributed by atoms with Gasteiger partial charge in [-0.15, -0.1) is 0 Å². The Morgan fingerprint density at radius 2 is 2.10 bits per heavy atom. The van der Waals surface area contributed by atoms with Crippen molar-refractivity contribution in [2.24, 2.45) is 5.92 Å². The Morgan fingerprint density at radius 1 is 1.35 bits per heavy atom. The highest BCUT2D eigenvalue weighted by Gasteiger charge is 2.38. The van der Waals surface area contributed by atoms with Gasteiger partial charge in [-0.05, 0) is 18.8 Å². The Labute approximate surface area is 126 Å². The number of nitrogens with zero attached hydrogens (tertiary/aromatic N) is 2. The average Bonchev–Trinajstić information content (AvgIpc) is 2.46. The monoisotopic (exact) mass is 320 g/mol. The fourth-order valence-corrected chi connectivity index (χ4v) is 5.79. The van der Waals surface area contributed by atoms with E-state index in [1.54, 1.807) is 23.6 Å². The molecule has 7 heteroatoms. The van der Waals surface area contributed by atoms with E-state index in [0.717, 1.165) is 31.7 Å². The quantitative estimate of drug-likeness (QED) is 0.776. The molecule has 2 rings (SSSR count). The van der Waals surface area contributed by atoms with E-state index in [9.17, 15) is 13.2 Å². The molecule has 2 heterocycles. The molecule has 0 radical (unpaired) electrons. The van der Waals surface area contributed by atoms with E-state index >= 15 is 0 Å². The fourth-order valence-electron chi connectivity index (χ4n) is 2.83. The largest absolute Gasteiger partial charge is 0.324 e. The highest BCUT2D eigenvalue weighted by molar-refractivity contribution is 8.01. The van der Waals surface area contributed by atoms with Crippen LogP contribution >= 0.6 is 11.8 Å². The van der Waals surface area contributed by atoms with Gasteiger partial charge in [-0.2, -0.15) is 11.8 Å². The molecule has 2 atom stereocenters. The smallest absolute Gasteiger partial charge is 0.321 e. The molecular weight excluding hydrogens is 296 g/mol. The van der Waals surface area contributed by atoms with Gasteiger partial charge in [0.15, 0.2) is 9.84 Å². The summed E-state index contributed by atoms with van der Waals surface area (Å²) in [4.78, 5) is 16.1. The molecule has 0 spiro atoms. The maximum absolute atomic E-state index is 12.6. The Bertz CT molecular complexity index is 453. The van der Waals surface area contributed by atoms with Crippen LogP contribution in [0.5, 0.6) is 0 Å². The van der Waals surface area contributed by atoms with Crippen LogP contribution in [-0.4, -0.2) is 66.5 Å². The van der Waals surface area contributed by atoms with Crippen LogP contribution in [0.25, 0.3) is 0 Å². The number of hydrogen-bond donors (Lipinski definition) is 0. The van der Waals surface area contributed by atoms with Gasteiger partial charge in [-0.1, -0.05) is 13.8 Å².